The molecule has 0 saturated heterocycles. The Bertz CT molecular complexity index is 609. The first-order valence-electron chi connectivity index (χ1n) is 5.76. The van der Waals surface area contributed by atoms with Crippen molar-refractivity contribution in [2.24, 2.45) is 0 Å². The van der Waals surface area contributed by atoms with E-state index in [1.165, 1.54) is 4.90 Å². The van der Waals surface area contributed by atoms with Crippen molar-refractivity contribution >= 4 is 27.5 Å². The van der Waals surface area contributed by atoms with Crippen LogP contribution in [0.15, 0.2) is 34.8 Å². The molecule has 2 N–H and O–H groups in total. The first-order chi connectivity index (χ1) is 9.49. The van der Waals surface area contributed by atoms with Crippen LogP contribution >= 0.6 is 15.9 Å². The normalized spacial score (nSPS) is 10.2. The van der Waals surface area contributed by atoms with E-state index in [-0.39, 0.29) is 17.5 Å². The van der Waals surface area contributed by atoms with E-state index in [0.29, 0.717) is 15.9 Å². The Morgan fingerprint density at radius 1 is 1.25 bits per heavy atom. The van der Waals surface area contributed by atoms with Gasteiger partial charge in [-0.1, -0.05) is 6.07 Å². The highest BCUT2D eigenvalue weighted by atomic mass is 79.9. The molecule has 1 aromatic heterocycles. The van der Waals surface area contributed by atoms with E-state index in [1.807, 2.05) is 6.07 Å². The summed E-state index contributed by atoms with van der Waals surface area (Å²) in [5, 5.41) is 7.70. The van der Waals surface area contributed by atoms with Crippen LogP contribution in [0.2, 0.25) is 0 Å². The van der Waals surface area contributed by atoms with Crippen molar-refractivity contribution in [1.82, 2.24) is 15.1 Å². The molecule has 2 rings (SSSR count). The molecule has 0 saturated carbocycles. The summed E-state index contributed by atoms with van der Waals surface area (Å²) in [4.78, 5) is 13.1. The van der Waals surface area contributed by atoms with Crippen LogP contribution in [0, 0.1) is 0 Å². The van der Waals surface area contributed by atoms with Crippen LogP contribution in [0.1, 0.15) is 10.5 Å². The minimum Gasteiger partial charge on any atom is -0.434 e. The fourth-order valence-electron chi connectivity index (χ4n) is 1.46. The number of ether oxygens (including phenoxy) is 1. The maximum Gasteiger partial charge on any atom is 0.273 e. The number of nitrogens with zero attached hydrogens (tertiary/aromatic N) is 3. The number of carbonyl (C=O) groups excluding carboxylic acids is 1. The number of halogens is 1. The van der Waals surface area contributed by atoms with E-state index >= 15 is 0 Å². The molecule has 0 aliphatic rings. The maximum atomic E-state index is 11.7. The van der Waals surface area contributed by atoms with Crippen LogP contribution < -0.4 is 10.5 Å². The number of rotatable bonds is 3. The molecule has 2 aromatic rings. The van der Waals surface area contributed by atoms with Gasteiger partial charge in [-0.15, -0.1) is 10.2 Å². The Kier molecular flexibility index (Phi) is 4.19. The van der Waals surface area contributed by atoms with Gasteiger partial charge in [0.2, 0.25) is 5.88 Å². The Labute approximate surface area is 124 Å². The molecule has 0 aliphatic heterocycles. The van der Waals surface area contributed by atoms with Gasteiger partial charge < -0.3 is 15.4 Å². The average Bonchev–Trinajstić information content (AvgIpc) is 2.43. The number of para-hydroxylation sites is 1. The van der Waals surface area contributed by atoms with Gasteiger partial charge in [0.05, 0.1) is 10.2 Å². The second-order valence-electron chi connectivity index (χ2n) is 4.22. The molecule has 6 nitrogen and oxygen atoms in total. The molecule has 1 amide bonds. The molecule has 20 heavy (non-hydrogen) atoms. The van der Waals surface area contributed by atoms with Gasteiger partial charge in [-0.25, -0.2) is 0 Å². The van der Waals surface area contributed by atoms with E-state index < -0.39 is 0 Å². The third-order valence-electron chi connectivity index (χ3n) is 2.47. The zero-order chi connectivity index (χ0) is 14.7. The van der Waals surface area contributed by atoms with Crippen LogP contribution in [0.4, 0.5) is 5.69 Å². The highest BCUT2D eigenvalue weighted by Crippen LogP contribution is 2.33. The summed E-state index contributed by atoms with van der Waals surface area (Å²) in [5.41, 5.74) is 6.56. The number of nitrogen functional groups attached to an aromatic ring is 1. The number of aromatic nitrogens is 2. The highest BCUT2D eigenvalue weighted by Gasteiger charge is 2.12. The molecule has 1 heterocycles. The zero-order valence-corrected chi connectivity index (χ0v) is 12.6. The topological polar surface area (TPSA) is 81.3 Å². The van der Waals surface area contributed by atoms with Gasteiger partial charge in [0.25, 0.3) is 5.91 Å². The van der Waals surface area contributed by atoms with Gasteiger partial charge in [-0.05, 0) is 34.1 Å². The molecule has 7 heteroatoms. The third kappa shape index (κ3) is 3.05. The summed E-state index contributed by atoms with van der Waals surface area (Å²) in [6.07, 6.45) is 0. The second kappa shape index (κ2) is 5.87. The van der Waals surface area contributed by atoms with E-state index in [0.717, 1.165) is 0 Å². The highest BCUT2D eigenvalue weighted by molar-refractivity contribution is 9.10. The van der Waals surface area contributed by atoms with Gasteiger partial charge in [-0.3, -0.25) is 4.79 Å². The first kappa shape index (κ1) is 14.3. The summed E-state index contributed by atoms with van der Waals surface area (Å²) in [6, 6.07) is 8.46. The molecule has 104 valence electrons. The zero-order valence-electron chi connectivity index (χ0n) is 11.0. The largest absolute Gasteiger partial charge is 0.434 e. The lowest BCUT2D eigenvalue weighted by atomic mass is 10.3. The third-order valence-corrected chi connectivity index (χ3v) is 3.09. The minimum atomic E-state index is -0.218. The molecule has 0 aliphatic carbocycles. The van der Waals surface area contributed by atoms with Crippen molar-refractivity contribution in [3.8, 4) is 11.6 Å². The van der Waals surface area contributed by atoms with Gasteiger partial charge in [0.15, 0.2) is 11.4 Å². The fourth-order valence-corrected chi connectivity index (χ4v) is 1.92. The van der Waals surface area contributed by atoms with Crippen molar-refractivity contribution in [1.29, 1.82) is 0 Å². The van der Waals surface area contributed by atoms with Crippen LogP contribution in [0.25, 0.3) is 0 Å². The number of hydrogen-bond donors (Lipinski definition) is 1. The van der Waals surface area contributed by atoms with E-state index in [9.17, 15) is 4.79 Å². The number of amides is 1. The summed E-state index contributed by atoms with van der Waals surface area (Å²) in [6.45, 7) is 0. The first-order valence-corrected chi connectivity index (χ1v) is 6.55. The van der Waals surface area contributed by atoms with E-state index in [1.54, 1.807) is 38.4 Å². The fraction of sp³-hybridized carbons (Fsp3) is 0.154. The van der Waals surface area contributed by atoms with Crippen molar-refractivity contribution in [3.63, 3.8) is 0 Å². The van der Waals surface area contributed by atoms with E-state index in [2.05, 4.69) is 26.1 Å². The van der Waals surface area contributed by atoms with Gasteiger partial charge >= 0.3 is 0 Å². The summed E-state index contributed by atoms with van der Waals surface area (Å²) < 4.78 is 6.28. The number of anilines is 1. The number of benzene rings is 1. The molecular formula is C13H13BrN4O2. The Hall–Kier alpha value is -2.15. The molecular weight excluding hydrogens is 324 g/mol. The molecule has 0 bridgehead atoms. The smallest absolute Gasteiger partial charge is 0.273 e. The van der Waals surface area contributed by atoms with Gasteiger partial charge in [0, 0.05) is 20.2 Å². The second-order valence-corrected chi connectivity index (χ2v) is 5.07. The molecule has 0 atom stereocenters. The molecule has 0 fully saturated rings. The standard InChI is InChI=1S/C13H13BrN4O2/c1-18(2)13(19)10-6-7-11(17-16-10)20-12-8(14)4-3-5-9(12)15/h3-7H,15H2,1-2H3. The van der Waals surface area contributed by atoms with Crippen molar-refractivity contribution in [2.45, 2.75) is 0 Å². The number of carbonyl (C=O) groups is 1. The lowest BCUT2D eigenvalue weighted by Crippen LogP contribution is -2.23. The molecule has 1 aromatic carbocycles. The molecule has 0 radical (unpaired) electrons. The maximum absolute atomic E-state index is 11.7. The monoisotopic (exact) mass is 336 g/mol. The van der Waals surface area contributed by atoms with Crippen LogP contribution in [-0.4, -0.2) is 35.1 Å². The number of nitrogens with two attached hydrogens (primary N) is 1. The average molecular weight is 337 g/mol. The Balaban J connectivity index is 2.21. The SMILES string of the molecule is CN(C)C(=O)c1ccc(Oc2c(N)cccc2Br)nn1. The van der Waals surface area contributed by atoms with Crippen LogP contribution in [0.5, 0.6) is 11.6 Å². The Morgan fingerprint density at radius 3 is 2.55 bits per heavy atom. The Morgan fingerprint density at radius 2 is 2.00 bits per heavy atom. The number of hydrogen-bond acceptors (Lipinski definition) is 5. The lowest BCUT2D eigenvalue weighted by Gasteiger charge is -2.10. The van der Waals surface area contributed by atoms with Crippen molar-refractivity contribution in [3.05, 3.63) is 40.5 Å². The predicted octanol–water partition coefficient (Wildman–Crippen LogP) is 2.32. The van der Waals surface area contributed by atoms with Crippen LogP contribution in [-0.2, 0) is 0 Å². The predicted molar refractivity (Wildman–Crippen MR) is 78.7 cm³/mol. The lowest BCUT2D eigenvalue weighted by molar-refractivity contribution is 0.0820. The van der Waals surface area contributed by atoms with Gasteiger partial charge in [0.1, 0.15) is 0 Å². The van der Waals surface area contributed by atoms with Crippen LogP contribution in [0.3, 0.4) is 0 Å². The van der Waals surface area contributed by atoms with Crippen molar-refractivity contribution < 1.29 is 9.53 Å². The summed E-state index contributed by atoms with van der Waals surface area (Å²) in [5.74, 6) is 0.511. The molecule has 0 spiro atoms. The summed E-state index contributed by atoms with van der Waals surface area (Å²) in [7, 11) is 3.30. The minimum absolute atomic E-state index is 0.218. The van der Waals surface area contributed by atoms with Gasteiger partial charge in [-0.2, -0.15) is 0 Å². The summed E-state index contributed by atoms with van der Waals surface area (Å²) >= 11 is 3.35. The quantitative estimate of drug-likeness (QED) is 0.870. The molecule has 0 unspecified atom stereocenters. The van der Waals surface area contributed by atoms with Crippen molar-refractivity contribution in [2.75, 3.05) is 19.8 Å². The van der Waals surface area contributed by atoms with E-state index in [4.69, 9.17) is 10.5 Å².